The molecule has 0 heterocycles. The molecule has 3 atom stereocenters. The maximum Gasteiger partial charge on any atom is 0.110 e. The molecule has 0 aromatic heterocycles. The van der Waals surface area contributed by atoms with Gasteiger partial charge in [0.2, 0.25) is 0 Å². The normalized spacial score (nSPS) is 51.0. The fourth-order valence-electron chi connectivity index (χ4n) is 2.55. The van der Waals surface area contributed by atoms with Gasteiger partial charge < -0.3 is 11.1 Å². The van der Waals surface area contributed by atoms with E-state index < -0.39 is 0 Å². The van der Waals surface area contributed by atoms with Crippen molar-refractivity contribution < 1.29 is 5.73 Å². The maximum atomic E-state index is 4.32. The second-order valence-electron chi connectivity index (χ2n) is 4.03. The van der Waals surface area contributed by atoms with Crippen LogP contribution in [0, 0.1) is 11.8 Å². The lowest BCUT2D eigenvalue weighted by molar-refractivity contribution is -0.480. The van der Waals surface area contributed by atoms with E-state index in [2.05, 4.69) is 11.1 Å². The minimum Gasteiger partial charge on any atom is -0.351 e. The lowest BCUT2D eigenvalue weighted by atomic mass is 9.94. The third-order valence-electron chi connectivity index (χ3n) is 3.25. The van der Waals surface area contributed by atoms with Crippen LogP contribution in [0.15, 0.2) is 0 Å². The van der Waals surface area contributed by atoms with E-state index in [9.17, 15) is 0 Å². The third-order valence-corrected chi connectivity index (χ3v) is 3.25. The number of nitrogens with one attached hydrogen (secondary N) is 1. The highest BCUT2D eigenvalue weighted by molar-refractivity contribution is 5.07. The number of rotatable bonds is 2. The van der Waals surface area contributed by atoms with Gasteiger partial charge in [0, 0.05) is 12.3 Å². The summed E-state index contributed by atoms with van der Waals surface area (Å²) in [7, 11) is 2.03. The Kier molecular flexibility index (Phi) is 1.29. The summed E-state index contributed by atoms with van der Waals surface area (Å²) in [6.07, 6.45) is 4.25. The van der Waals surface area contributed by atoms with Gasteiger partial charge in [-0.3, -0.25) is 0 Å². The molecule has 0 aliphatic heterocycles. The Labute approximate surface area is 62.2 Å². The average molecular weight is 141 g/mol. The Morgan fingerprint density at radius 2 is 2.50 bits per heavy atom. The van der Waals surface area contributed by atoms with Gasteiger partial charge in [0.15, 0.2) is 0 Å². The van der Waals surface area contributed by atoms with Crippen LogP contribution in [0.2, 0.25) is 0 Å². The van der Waals surface area contributed by atoms with Crippen molar-refractivity contribution in [2.24, 2.45) is 11.8 Å². The van der Waals surface area contributed by atoms with E-state index in [4.69, 9.17) is 0 Å². The fraction of sp³-hybridized carbons (Fsp3) is 1.00. The molecule has 58 valence electrons. The van der Waals surface area contributed by atoms with Gasteiger partial charge in [-0.25, -0.2) is 0 Å². The lowest BCUT2D eigenvalue weighted by Crippen LogP contribution is -2.76. The maximum absolute atomic E-state index is 4.32. The zero-order chi connectivity index (χ0) is 7.19. The van der Waals surface area contributed by atoms with Gasteiger partial charge in [-0.15, -0.1) is 0 Å². The van der Waals surface area contributed by atoms with Crippen LogP contribution < -0.4 is 11.1 Å². The van der Waals surface area contributed by atoms with Crippen LogP contribution in [-0.4, -0.2) is 19.1 Å². The molecule has 0 aromatic rings. The van der Waals surface area contributed by atoms with E-state index in [1.807, 2.05) is 7.05 Å². The van der Waals surface area contributed by atoms with Crippen LogP contribution in [-0.2, 0) is 0 Å². The first-order chi connectivity index (χ1) is 4.76. The molecule has 4 N–H and O–H groups in total. The third kappa shape index (κ3) is 0.789. The molecule has 0 bridgehead atoms. The molecule has 2 aliphatic carbocycles. The summed E-state index contributed by atoms with van der Waals surface area (Å²) in [4.78, 5) is 0. The van der Waals surface area contributed by atoms with Crippen molar-refractivity contribution in [1.82, 2.24) is 5.32 Å². The van der Waals surface area contributed by atoms with Crippen LogP contribution in [0.25, 0.3) is 0 Å². The van der Waals surface area contributed by atoms with Gasteiger partial charge >= 0.3 is 0 Å². The SMILES string of the molecule is CNCC1([NH3+])CCC2CC21. The van der Waals surface area contributed by atoms with Gasteiger partial charge in [0.25, 0.3) is 0 Å². The largest absolute Gasteiger partial charge is 0.351 e. The Hall–Kier alpha value is -0.0800. The van der Waals surface area contributed by atoms with Crippen LogP contribution >= 0.6 is 0 Å². The zero-order valence-electron chi connectivity index (χ0n) is 6.69. The minimum atomic E-state index is 0.416. The molecule has 2 nitrogen and oxygen atoms in total. The van der Waals surface area contributed by atoms with E-state index in [0.29, 0.717) is 5.54 Å². The van der Waals surface area contributed by atoms with Crippen molar-refractivity contribution in [3.63, 3.8) is 0 Å². The first kappa shape index (κ1) is 6.62. The van der Waals surface area contributed by atoms with Crippen LogP contribution in [0.4, 0.5) is 0 Å². The average Bonchev–Trinajstić information content (AvgIpc) is 2.58. The monoisotopic (exact) mass is 141 g/mol. The summed E-state index contributed by atoms with van der Waals surface area (Å²) >= 11 is 0. The molecule has 2 rings (SSSR count). The highest BCUT2D eigenvalue weighted by atomic mass is 14.9. The number of likely N-dealkylation sites (N-methyl/N-ethyl adjacent to an activating group) is 1. The van der Waals surface area contributed by atoms with Gasteiger partial charge in [-0.05, 0) is 25.8 Å². The van der Waals surface area contributed by atoms with Crippen molar-refractivity contribution in [3.8, 4) is 0 Å². The van der Waals surface area contributed by atoms with Crippen molar-refractivity contribution >= 4 is 0 Å². The van der Waals surface area contributed by atoms with Crippen LogP contribution in [0.3, 0.4) is 0 Å². The van der Waals surface area contributed by atoms with E-state index in [1.54, 1.807) is 0 Å². The Balaban J connectivity index is 2.00. The molecule has 0 spiro atoms. The summed E-state index contributed by atoms with van der Waals surface area (Å²) in [5.74, 6) is 2.03. The molecule has 0 aromatic carbocycles. The van der Waals surface area contributed by atoms with Crippen molar-refractivity contribution in [3.05, 3.63) is 0 Å². The van der Waals surface area contributed by atoms with Gasteiger partial charge in [-0.1, -0.05) is 0 Å². The molecule has 10 heavy (non-hydrogen) atoms. The Bertz CT molecular complexity index is 146. The summed E-state index contributed by atoms with van der Waals surface area (Å²) in [6.45, 7) is 1.12. The predicted octanol–water partition coefficient (Wildman–Crippen LogP) is -0.384. The molecular formula is C8H17N2+. The standard InChI is InChI=1S/C8H16N2/c1-10-5-8(9)3-2-6-4-7(6)8/h6-7,10H,2-5,9H2,1H3/p+1. The molecule has 3 unspecified atom stereocenters. The molecule has 2 fully saturated rings. The molecule has 2 saturated carbocycles. The summed E-state index contributed by atoms with van der Waals surface area (Å²) in [5, 5.41) is 3.24. The van der Waals surface area contributed by atoms with E-state index in [0.717, 1.165) is 18.4 Å². The van der Waals surface area contributed by atoms with Crippen LogP contribution in [0.5, 0.6) is 0 Å². The second kappa shape index (κ2) is 1.95. The highest BCUT2D eigenvalue weighted by Gasteiger charge is 2.58. The zero-order valence-corrected chi connectivity index (χ0v) is 6.69. The number of quaternary nitrogens is 1. The number of fused-ring (bicyclic) bond motifs is 1. The summed E-state index contributed by atoms with van der Waals surface area (Å²) in [5.41, 5.74) is 4.74. The van der Waals surface area contributed by atoms with Crippen molar-refractivity contribution in [2.45, 2.75) is 24.8 Å². The molecule has 0 saturated heterocycles. The highest BCUT2D eigenvalue weighted by Crippen LogP contribution is 2.55. The molecule has 0 amide bonds. The lowest BCUT2D eigenvalue weighted by Gasteiger charge is -2.21. The quantitative estimate of drug-likeness (QED) is 0.540. The number of hydrogen-bond acceptors (Lipinski definition) is 1. The fourth-order valence-corrected chi connectivity index (χ4v) is 2.55. The first-order valence-electron chi connectivity index (χ1n) is 4.26. The van der Waals surface area contributed by atoms with E-state index in [-0.39, 0.29) is 0 Å². The Morgan fingerprint density at radius 3 is 2.90 bits per heavy atom. The summed E-state index contributed by atoms with van der Waals surface area (Å²) < 4.78 is 0. The van der Waals surface area contributed by atoms with Crippen LogP contribution in [0.1, 0.15) is 19.3 Å². The van der Waals surface area contributed by atoms with E-state index >= 15 is 0 Å². The van der Waals surface area contributed by atoms with Crippen molar-refractivity contribution in [1.29, 1.82) is 0 Å². The minimum absolute atomic E-state index is 0.416. The van der Waals surface area contributed by atoms with Gasteiger partial charge in [-0.2, -0.15) is 0 Å². The van der Waals surface area contributed by atoms with Gasteiger partial charge in [0.05, 0.1) is 6.54 Å². The first-order valence-corrected chi connectivity index (χ1v) is 4.26. The molecule has 2 aliphatic rings. The predicted molar refractivity (Wildman–Crippen MR) is 40.4 cm³/mol. The van der Waals surface area contributed by atoms with E-state index in [1.165, 1.54) is 19.3 Å². The number of hydrogen-bond donors (Lipinski definition) is 2. The second-order valence-corrected chi connectivity index (χ2v) is 4.03. The summed E-state index contributed by atoms with van der Waals surface area (Å²) in [6, 6.07) is 0. The smallest absolute Gasteiger partial charge is 0.110 e. The molecule has 0 radical (unpaired) electrons. The Morgan fingerprint density at radius 1 is 1.70 bits per heavy atom. The topological polar surface area (TPSA) is 39.7 Å². The molecular weight excluding hydrogens is 124 g/mol. The molecule has 2 heteroatoms. The van der Waals surface area contributed by atoms with Gasteiger partial charge in [0.1, 0.15) is 5.54 Å². The van der Waals surface area contributed by atoms with Crippen molar-refractivity contribution in [2.75, 3.05) is 13.6 Å².